The molecule has 2 rings (SSSR count). The molecular weight excluding hydrogens is 162 g/mol. The molecule has 1 aliphatic carbocycles. The van der Waals surface area contributed by atoms with E-state index in [1.807, 2.05) is 18.2 Å². The fourth-order valence-electron chi connectivity index (χ4n) is 1.34. The van der Waals surface area contributed by atoms with E-state index in [1.54, 1.807) is 0 Å². The third-order valence-electron chi connectivity index (χ3n) is 2.44. The quantitative estimate of drug-likeness (QED) is 0.712. The maximum Gasteiger partial charge on any atom is 0.0933 e. The van der Waals surface area contributed by atoms with Crippen LogP contribution in [-0.2, 0) is 11.4 Å². The fraction of sp³-hybridized carbons (Fsp3) is 0.455. The van der Waals surface area contributed by atoms with Gasteiger partial charge in [-0.1, -0.05) is 36.8 Å². The summed E-state index contributed by atoms with van der Waals surface area (Å²) in [7, 11) is 0. The predicted octanol–water partition coefficient (Wildman–Crippen LogP) is 2.26. The Morgan fingerprint density at radius 2 is 2.00 bits per heavy atom. The van der Waals surface area contributed by atoms with Gasteiger partial charge in [0.05, 0.1) is 6.61 Å². The van der Waals surface area contributed by atoms with Gasteiger partial charge in [0.15, 0.2) is 0 Å². The molecular formula is C11H15NO. The number of rotatable bonds is 4. The highest BCUT2D eigenvalue weighted by Crippen LogP contribution is 2.17. The molecule has 0 saturated heterocycles. The van der Waals surface area contributed by atoms with Crippen molar-refractivity contribution in [1.82, 2.24) is 5.48 Å². The first-order valence-electron chi connectivity index (χ1n) is 4.86. The lowest BCUT2D eigenvalue weighted by Gasteiger charge is -2.25. The molecule has 0 aromatic heterocycles. The van der Waals surface area contributed by atoms with Gasteiger partial charge in [0, 0.05) is 6.04 Å². The van der Waals surface area contributed by atoms with Crippen LogP contribution in [0, 0.1) is 0 Å². The molecule has 0 aliphatic heterocycles. The molecule has 0 atom stereocenters. The summed E-state index contributed by atoms with van der Waals surface area (Å²) in [5.74, 6) is 0. The molecule has 1 aromatic carbocycles. The summed E-state index contributed by atoms with van der Waals surface area (Å²) in [6, 6.07) is 10.8. The molecule has 0 unspecified atom stereocenters. The molecule has 2 heteroatoms. The molecule has 1 N–H and O–H groups in total. The lowest BCUT2D eigenvalue weighted by atomic mass is 9.94. The average molecular weight is 177 g/mol. The van der Waals surface area contributed by atoms with Crippen molar-refractivity contribution in [3.63, 3.8) is 0 Å². The number of hydrogen-bond donors (Lipinski definition) is 1. The van der Waals surface area contributed by atoms with Crippen LogP contribution < -0.4 is 5.48 Å². The van der Waals surface area contributed by atoms with E-state index in [0.29, 0.717) is 12.6 Å². The highest BCUT2D eigenvalue weighted by molar-refractivity contribution is 5.13. The van der Waals surface area contributed by atoms with Crippen LogP contribution in [0.15, 0.2) is 30.3 Å². The second kappa shape index (κ2) is 4.40. The van der Waals surface area contributed by atoms with Gasteiger partial charge >= 0.3 is 0 Å². The van der Waals surface area contributed by atoms with Gasteiger partial charge in [-0.15, -0.1) is 0 Å². The van der Waals surface area contributed by atoms with E-state index < -0.39 is 0 Å². The number of nitrogens with one attached hydrogen (secondary N) is 1. The molecule has 13 heavy (non-hydrogen) atoms. The lowest BCUT2D eigenvalue weighted by Crippen LogP contribution is -2.34. The van der Waals surface area contributed by atoms with Crippen molar-refractivity contribution in [3.8, 4) is 0 Å². The van der Waals surface area contributed by atoms with E-state index in [2.05, 4.69) is 17.6 Å². The molecule has 0 bridgehead atoms. The monoisotopic (exact) mass is 177 g/mol. The molecule has 1 saturated carbocycles. The minimum Gasteiger partial charge on any atom is -0.297 e. The largest absolute Gasteiger partial charge is 0.297 e. The van der Waals surface area contributed by atoms with Gasteiger partial charge in [-0.05, 0) is 18.4 Å². The topological polar surface area (TPSA) is 21.3 Å². The molecule has 0 amide bonds. The Bertz CT molecular complexity index is 244. The van der Waals surface area contributed by atoms with Crippen molar-refractivity contribution in [2.45, 2.75) is 31.9 Å². The molecule has 1 aromatic rings. The molecule has 0 radical (unpaired) electrons. The zero-order valence-corrected chi connectivity index (χ0v) is 7.70. The van der Waals surface area contributed by atoms with Gasteiger partial charge in [0.1, 0.15) is 0 Å². The third kappa shape index (κ3) is 2.54. The van der Waals surface area contributed by atoms with Crippen molar-refractivity contribution >= 4 is 0 Å². The first-order valence-corrected chi connectivity index (χ1v) is 4.86. The Kier molecular flexibility index (Phi) is 2.95. The number of hydroxylamine groups is 1. The van der Waals surface area contributed by atoms with Gasteiger partial charge in [0.25, 0.3) is 0 Å². The van der Waals surface area contributed by atoms with E-state index in [4.69, 9.17) is 4.84 Å². The Hall–Kier alpha value is -0.860. The van der Waals surface area contributed by atoms with E-state index in [9.17, 15) is 0 Å². The van der Waals surface area contributed by atoms with Crippen LogP contribution in [0.5, 0.6) is 0 Å². The Morgan fingerprint density at radius 1 is 1.23 bits per heavy atom. The van der Waals surface area contributed by atoms with Crippen molar-refractivity contribution in [2.75, 3.05) is 0 Å². The first-order chi connectivity index (χ1) is 6.45. The van der Waals surface area contributed by atoms with Crippen molar-refractivity contribution in [3.05, 3.63) is 35.9 Å². The van der Waals surface area contributed by atoms with Crippen molar-refractivity contribution < 1.29 is 4.84 Å². The highest BCUT2D eigenvalue weighted by Gasteiger charge is 2.16. The smallest absolute Gasteiger partial charge is 0.0933 e. The second-order valence-corrected chi connectivity index (χ2v) is 3.52. The first kappa shape index (κ1) is 8.73. The van der Waals surface area contributed by atoms with E-state index in [0.717, 1.165) is 0 Å². The number of benzene rings is 1. The van der Waals surface area contributed by atoms with Crippen LogP contribution in [0.1, 0.15) is 24.8 Å². The van der Waals surface area contributed by atoms with Crippen molar-refractivity contribution in [1.29, 1.82) is 0 Å². The van der Waals surface area contributed by atoms with Crippen LogP contribution >= 0.6 is 0 Å². The van der Waals surface area contributed by atoms with Gasteiger partial charge < -0.3 is 0 Å². The van der Waals surface area contributed by atoms with Gasteiger partial charge in [-0.25, -0.2) is 0 Å². The molecule has 2 nitrogen and oxygen atoms in total. The Morgan fingerprint density at radius 3 is 2.62 bits per heavy atom. The van der Waals surface area contributed by atoms with E-state index in [1.165, 1.54) is 24.8 Å². The maximum atomic E-state index is 5.37. The average Bonchev–Trinajstić information content (AvgIpc) is 2.11. The molecule has 0 spiro atoms. The van der Waals surface area contributed by atoms with Gasteiger partial charge in [0.2, 0.25) is 0 Å². The summed E-state index contributed by atoms with van der Waals surface area (Å²) < 4.78 is 0. The highest BCUT2D eigenvalue weighted by atomic mass is 16.6. The van der Waals surface area contributed by atoms with Crippen LogP contribution in [0.4, 0.5) is 0 Å². The zero-order valence-electron chi connectivity index (χ0n) is 7.70. The summed E-state index contributed by atoms with van der Waals surface area (Å²) >= 11 is 0. The summed E-state index contributed by atoms with van der Waals surface area (Å²) in [6.07, 6.45) is 3.86. The zero-order chi connectivity index (χ0) is 8.93. The van der Waals surface area contributed by atoms with Gasteiger partial charge in [-0.2, -0.15) is 5.48 Å². The molecule has 1 aliphatic rings. The van der Waals surface area contributed by atoms with E-state index >= 15 is 0 Å². The Labute approximate surface area is 78.9 Å². The van der Waals surface area contributed by atoms with Crippen LogP contribution in [-0.4, -0.2) is 6.04 Å². The number of hydrogen-bond acceptors (Lipinski definition) is 2. The third-order valence-corrected chi connectivity index (χ3v) is 2.44. The molecule has 1 fully saturated rings. The lowest BCUT2D eigenvalue weighted by molar-refractivity contribution is -0.0146. The predicted molar refractivity (Wildman–Crippen MR) is 52.0 cm³/mol. The minimum absolute atomic E-state index is 0.601. The summed E-state index contributed by atoms with van der Waals surface area (Å²) in [5.41, 5.74) is 4.28. The standard InChI is InChI=1S/C11H15NO/c1-2-5-10(6-3-1)9-13-12-11-7-4-8-11/h1-3,5-6,11-12H,4,7-9H2. The van der Waals surface area contributed by atoms with Crippen molar-refractivity contribution in [2.24, 2.45) is 0 Å². The second-order valence-electron chi connectivity index (χ2n) is 3.52. The van der Waals surface area contributed by atoms with Gasteiger partial charge in [-0.3, -0.25) is 4.84 Å². The molecule has 70 valence electrons. The fourth-order valence-corrected chi connectivity index (χ4v) is 1.34. The normalized spacial score (nSPS) is 16.9. The van der Waals surface area contributed by atoms with E-state index in [-0.39, 0.29) is 0 Å². The van der Waals surface area contributed by atoms with Crippen LogP contribution in [0.2, 0.25) is 0 Å². The molecule has 0 heterocycles. The maximum absolute atomic E-state index is 5.37. The Balaban J connectivity index is 1.67. The summed E-state index contributed by atoms with van der Waals surface area (Å²) in [6.45, 7) is 0.664. The summed E-state index contributed by atoms with van der Waals surface area (Å²) in [4.78, 5) is 5.37. The van der Waals surface area contributed by atoms with Crippen LogP contribution in [0.25, 0.3) is 0 Å². The summed E-state index contributed by atoms with van der Waals surface area (Å²) in [5, 5.41) is 0. The minimum atomic E-state index is 0.601. The van der Waals surface area contributed by atoms with Crippen LogP contribution in [0.3, 0.4) is 0 Å². The SMILES string of the molecule is c1ccc(CONC2CCC2)cc1.